The monoisotopic (exact) mass is 342 g/mol. The van der Waals surface area contributed by atoms with E-state index >= 15 is 0 Å². The second-order valence-corrected chi connectivity index (χ2v) is 7.04. The Kier molecular flexibility index (Phi) is 4.19. The maximum Gasteiger partial charge on any atom is 0.340 e. The lowest BCUT2D eigenvalue weighted by molar-refractivity contribution is -0.146. The summed E-state index contributed by atoms with van der Waals surface area (Å²) in [4.78, 5) is 38.7. The molecule has 2 heterocycles. The van der Waals surface area contributed by atoms with E-state index in [-0.39, 0.29) is 17.9 Å². The summed E-state index contributed by atoms with van der Waals surface area (Å²) in [6.45, 7) is 0. The summed E-state index contributed by atoms with van der Waals surface area (Å²) >= 11 is 0. The number of benzene rings is 1. The van der Waals surface area contributed by atoms with Crippen LogP contribution in [0, 0.1) is 0 Å². The molecule has 2 aliphatic heterocycles. The van der Waals surface area contributed by atoms with E-state index in [4.69, 9.17) is 4.74 Å². The molecule has 2 unspecified atom stereocenters. The molecular formula is C19H22N2O4. The van der Waals surface area contributed by atoms with Crippen molar-refractivity contribution in [2.75, 3.05) is 0 Å². The highest BCUT2D eigenvalue weighted by Crippen LogP contribution is 2.38. The molecule has 2 amide bonds. The van der Waals surface area contributed by atoms with E-state index < -0.39 is 18.2 Å². The van der Waals surface area contributed by atoms with Crippen molar-refractivity contribution in [1.82, 2.24) is 10.2 Å². The van der Waals surface area contributed by atoms with Crippen LogP contribution in [0.4, 0.5) is 0 Å². The maximum absolute atomic E-state index is 12.8. The lowest BCUT2D eigenvalue weighted by Crippen LogP contribution is -2.49. The first-order valence-electron chi connectivity index (χ1n) is 9.06. The average Bonchev–Trinajstić information content (AvgIpc) is 3.16. The minimum atomic E-state index is -0.791. The first-order chi connectivity index (χ1) is 12.1. The van der Waals surface area contributed by atoms with Gasteiger partial charge in [-0.05, 0) is 25.3 Å². The number of likely N-dealkylation sites (tertiary alicyclic amines) is 1. The van der Waals surface area contributed by atoms with E-state index in [9.17, 15) is 14.4 Å². The fraction of sp³-hybridized carbons (Fsp3) is 0.526. The summed E-state index contributed by atoms with van der Waals surface area (Å²) in [5.41, 5.74) is 1.14. The highest BCUT2D eigenvalue weighted by Gasteiger charge is 2.46. The van der Waals surface area contributed by atoms with Crippen LogP contribution in [0.2, 0.25) is 0 Å². The molecule has 0 radical (unpaired) electrons. The Morgan fingerprint density at radius 1 is 1.08 bits per heavy atom. The number of ether oxygens (including phenoxy) is 1. The molecule has 1 aromatic carbocycles. The van der Waals surface area contributed by atoms with Crippen molar-refractivity contribution in [2.45, 2.75) is 63.3 Å². The standard InChI is InChI=1S/C19H22N2O4/c22-16-11-10-15(17(23)20-12-6-2-1-3-7-12)21(16)18-13-8-4-5-9-14(13)19(24)25-18/h4-5,8-9,12,15,18H,1-3,6-7,10-11H2,(H,20,23). The predicted molar refractivity (Wildman–Crippen MR) is 89.5 cm³/mol. The summed E-state index contributed by atoms with van der Waals surface area (Å²) in [5, 5.41) is 3.10. The molecule has 6 heteroatoms. The zero-order chi connectivity index (χ0) is 17.4. The van der Waals surface area contributed by atoms with Gasteiger partial charge in [-0.3, -0.25) is 14.5 Å². The van der Waals surface area contributed by atoms with Gasteiger partial charge in [0.25, 0.3) is 0 Å². The number of amides is 2. The van der Waals surface area contributed by atoms with Crippen LogP contribution in [-0.4, -0.2) is 34.8 Å². The lowest BCUT2D eigenvalue weighted by atomic mass is 9.95. The number of fused-ring (bicyclic) bond motifs is 1. The summed E-state index contributed by atoms with van der Waals surface area (Å²) in [6.07, 6.45) is 5.45. The van der Waals surface area contributed by atoms with Gasteiger partial charge < -0.3 is 10.1 Å². The summed E-state index contributed by atoms with van der Waals surface area (Å²) < 4.78 is 5.44. The topological polar surface area (TPSA) is 75.7 Å². The Morgan fingerprint density at radius 2 is 1.84 bits per heavy atom. The van der Waals surface area contributed by atoms with Crippen LogP contribution in [0.1, 0.15) is 67.1 Å². The number of esters is 1. The van der Waals surface area contributed by atoms with E-state index in [1.165, 1.54) is 11.3 Å². The van der Waals surface area contributed by atoms with Gasteiger partial charge in [0, 0.05) is 18.0 Å². The first kappa shape index (κ1) is 16.1. The molecule has 0 spiro atoms. The molecule has 1 N–H and O–H groups in total. The smallest absolute Gasteiger partial charge is 0.340 e. The zero-order valence-corrected chi connectivity index (χ0v) is 14.1. The third-order valence-corrected chi connectivity index (χ3v) is 5.43. The van der Waals surface area contributed by atoms with Crippen molar-refractivity contribution in [3.05, 3.63) is 35.4 Å². The quantitative estimate of drug-likeness (QED) is 0.855. The summed E-state index contributed by atoms with van der Waals surface area (Å²) in [7, 11) is 0. The van der Waals surface area contributed by atoms with Gasteiger partial charge in [0.15, 0.2) is 0 Å². The Labute approximate surface area is 146 Å². The second kappa shape index (κ2) is 6.50. The number of carbonyl (C=O) groups is 3. The fourth-order valence-electron chi connectivity index (χ4n) is 4.13. The molecule has 1 saturated heterocycles. The molecule has 2 fully saturated rings. The Morgan fingerprint density at radius 3 is 2.64 bits per heavy atom. The highest BCUT2D eigenvalue weighted by atomic mass is 16.6. The van der Waals surface area contributed by atoms with Crippen LogP contribution in [-0.2, 0) is 14.3 Å². The Bertz CT molecular complexity index is 711. The van der Waals surface area contributed by atoms with Crippen molar-refractivity contribution in [3.63, 3.8) is 0 Å². The average molecular weight is 342 g/mol. The minimum Gasteiger partial charge on any atom is -0.433 e. The SMILES string of the molecule is O=C1OC(N2C(=O)CCC2C(=O)NC2CCCCC2)c2ccccc21. The third-order valence-electron chi connectivity index (χ3n) is 5.43. The lowest BCUT2D eigenvalue weighted by Gasteiger charge is -2.31. The number of nitrogens with zero attached hydrogens (tertiary/aromatic N) is 1. The highest BCUT2D eigenvalue weighted by molar-refractivity contribution is 5.96. The zero-order valence-electron chi connectivity index (χ0n) is 14.1. The molecular weight excluding hydrogens is 320 g/mol. The minimum absolute atomic E-state index is 0.127. The van der Waals surface area contributed by atoms with Crippen molar-refractivity contribution >= 4 is 17.8 Å². The van der Waals surface area contributed by atoms with E-state index in [2.05, 4.69) is 5.32 Å². The normalized spacial score (nSPS) is 26.5. The Balaban J connectivity index is 1.54. The molecule has 6 nitrogen and oxygen atoms in total. The van der Waals surface area contributed by atoms with Crippen molar-refractivity contribution in [3.8, 4) is 0 Å². The van der Waals surface area contributed by atoms with Crippen molar-refractivity contribution < 1.29 is 19.1 Å². The number of carbonyl (C=O) groups excluding carboxylic acids is 3. The molecule has 4 rings (SSSR count). The van der Waals surface area contributed by atoms with Crippen LogP contribution in [0.25, 0.3) is 0 Å². The number of hydrogen-bond donors (Lipinski definition) is 1. The summed E-state index contributed by atoms with van der Waals surface area (Å²) in [5.74, 6) is -0.705. The maximum atomic E-state index is 12.8. The van der Waals surface area contributed by atoms with Crippen LogP contribution < -0.4 is 5.32 Å². The molecule has 25 heavy (non-hydrogen) atoms. The van der Waals surface area contributed by atoms with Crippen molar-refractivity contribution in [1.29, 1.82) is 0 Å². The molecule has 1 saturated carbocycles. The van der Waals surface area contributed by atoms with Crippen LogP contribution >= 0.6 is 0 Å². The van der Waals surface area contributed by atoms with Gasteiger partial charge in [-0.15, -0.1) is 0 Å². The van der Waals surface area contributed by atoms with Gasteiger partial charge in [-0.2, -0.15) is 0 Å². The van der Waals surface area contributed by atoms with E-state index in [0.717, 1.165) is 25.7 Å². The second-order valence-electron chi connectivity index (χ2n) is 7.04. The molecule has 132 valence electrons. The molecule has 2 atom stereocenters. The van der Waals surface area contributed by atoms with Gasteiger partial charge in [0.2, 0.25) is 18.0 Å². The van der Waals surface area contributed by atoms with Crippen LogP contribution in [0.5, 0.6) is 0 Å². The van der Waals surface area contributed by atoms with Gasteiger partial charge in [-0.1, -0.05) is 37.5 Å². The predicted octanol–water partition coefficient (Wildman–Crippen LogP) is 2.30. The van der Waals surface area contributed by atoms with Gasteiger partial charge in [0.1, 0.15) is 6.04 Å². The Hall–Kier alpha value is -2.37. The number of nitrogens with one attached hydrogen (secondary N) is 1. The van der Waals surface area contributed by atoms with Gasteiger partial charge in [0.05, 0.1) is 5.56 Å². The molecule has 0 bridgehead atoms. The molecule has 1 aliphatic carbocycles. The molecule has 1 aromatic rings. The number of cyclic esters (lactones) is 1. The van der Waals surface area contributed by atoms with Crippen LogP contribution in [0.15, 0.2) is 24.3 Å². The van der Waals surface area contributed by atoms with Gasteiger partial charge >= 0.3 is 5.97 Å². The first-order valence-corrected chi connectivity index (χ1v) is 9.06. The van der Waals surface area contributed by atoms with E-state index in [1.807, 2.05) is 6.07 Å². The van der Waals surface area contributed by atoms with Crippen molar-refractivity contribution in [2.24, 2.45) is 0 Å². The summed E-state index contributed by atoms with van der Waals surface area (Å²) in [6, 6.07) is 6.67. The van der Waals surface area contributed by atoms with E-state index in [0.29, 0.717) is 24.0 Å². The number of hydrogen-bond acceptors (Lipinski definition) is 4. The third kappa shape index (κ3) is 2.90. The molecule has 0 aromatic heterocycles. The number of rotatable bonds is 3. The fourth-order valence-corrected chi connectivity index (χ4v) is 4.13. The van der Waals surface area contributed by atoms with E-state index in [1.54, 1.807) is 18.2 Å². The molecule has 3 aliphatic rings. The van der Waals surface area contributed by atoms with Gasteiger partial charge in [-0.25, -0.2) is 4.79 Å². The van der Waals surface area contributed by atoms with Crippen LogP contribution in [0.3, 0.4) is 0 Å². The largest absolute Gasteiger partial charge is 0.433 e.